The Morgan fingerprint density at radius 2 is 1.89 bits per heavy atom. The van der Waals surface area contributed by atoms with Crippen LogP contribution in [0.1, 0.15) is 19.3 Å². The van der Waals surface area contributed by atoms with E-state index in [1.54, 1.807) is 11.1 Å². The van der Waals surface area contributed by atoms with Gasteiger partial charge in [-0.3, -0.25) is 0 Å². The Labute approximate surface area is 55.6 Å². The molecule has 9 heavy (non-hydrogen) atoms. The predicted molar refractivity (Wildman–Crippen MR) is 39.2 cm³/mol. The Kier molecular flexibility index (Phi) is 1.05. The van der Waals surface area contributed by atoms with Crippen molar-refractivity contribution in [3.8, 4) is 0 Å². The third-order valence-corrected chi connectivity index (χ3v) is 1.97. The van der Waals surface area contributed by atoms with E-state index in [0.717, 1.165) is 0 Å². The lowest BCUT2D eigenvalue weighted by molar-refractivity contribution is 0.973. The molecule has 0 nitrogen and oxygen atoms in total. The van der Waals surface area contributed by atoms with Crippen LogP contribution in [0.5, 0.6) is 0 Å². The average Bonchev–Trinajstić information content (AvgIpc) is 2.33. The van der Waals surface area contributed by atoms with Crippen LogP contribution >= 0.6 is 0 Å². The topological polar surface area (TPSA) is 0 Å². The predicted octanol–water partition coefficient (Wildman–Crippen LogP) is 2.59. The van der Waals surface area contributed by atoms with Gasteiger partial charge in [0.25, 0.3) is 0 Å². The summed E-state index contributed by atoms with van der Waals surface area (Å²) < 4.78 is 0. The minimum atomic E-state index is 1.17. The highest BCUT2D eigenvalue weighted by Gasteiger charge is 2.07. The van der Waals surface area contributed by atoms with E-state index in [1.165, 1.54) is 19.3 Å². The molecule has 0 bridgehead atoms. The average molecular weight is 118 g/mol. The summed E-state index contributed by atoms with van der Waals surface area (Å²) in [5.74, 6) is 0. The zero-order valence-corrected chi connectivity index (χ0v) is 5.43. The Morgan fingerprint density at radius 3 is 2.78 bits per heavy atom. The van der Waals surface area contributed by atoms with Crippen molar-refractivity contribution in [3.05, 3.63) is 35.5 Å². The standard InChI is InChI=1S/C9H10/c1-2-5-9-7-3-6-8(9)4-1/h1,3-4,7H,2,5-6H2. The molecule has 0 aliphatic heterocycles. The first-order valence-electron chi connectivity index (χ1n) is 3.52. The molecule has 0 aromatic heterocycles. The Balaban J connectivity index is 2.35. The minimum Gasteiger partial charge on any atom is -0.0839 e. The number of rotatable bonds is 0. The van der Waals surface area contributed by atoms with Crippen molar-refractivity contribution in [1.82, 2.24) is 0 Å². The summed E-state index contributed by atoms with van der Waals surface area (Å²) in [6.45, 7) is 0. The van der Waals surface area contributed by atoms with Crippen LogP contribution in [0.2, 0.25) is 0 Å². The Morgan fingerprint density at radius 1 is 1.00 bits per heavy atom. The highest BCUT2D eigenvalue weighted by Crippen LogP contribution is 2.27. The summed E-state index contributed by atoms with van der Waals surface area (Å²) in [4.78, 5) is 0. The van der Waals surface area contributed by atoms with Gasteiger partial charge in [0.1, 0.15) is 0 Å². The molecule has 0 N–H and O–H groups in total. The zero-order valence-electron chi connectivity index (χ0n) is 5.43. The van der Waals surface area contributed by atoms with Gasteiger partial charge in [0.05, 0.1) is 0 Å². The molecular formula is C9H10. The van der Waals surface area contributed by atoms with E-state index >= 15 is 0 Å². The monoisotopic (exact) mass is 118 g/mol. The van der Waals surface area contributed by atoms with Gasteiger partial charge >= 0.3 is 0 Å². The van der Waals surface area contributed by atoms with Gasteiger partial charge in [-0.1, -0.05) is 24.3 Å². The van der Waals surface area contributed by atoms with Crippen LogP contribution in [0.4, 0.5) is 0 Å². The fourth-order valence-electron chi connectivity index (χ4n) is 1.45. The van der Waals surface area contributed by atoms with Gasteiger partial charge in [0, 0.05) is 0 Å². The number of hydrogen-bond donors (Lipinski definition) is 0. The molecule has 2 aliphatic carbocycles. The molecule has 0 unspecified atom stereocenters. The summed E-state index contributed by atoms with van der Waals surface area (Å²) in [6, 6.07) is 0. The first-order valence-corrected chi connectivity index (χ1v) is 3.52. The van der Waals surface area contributed by atoms with Crippen molar-refractivity contribution < 1.29 is 0 Å². The van der Waals surface area contributed by atoms with E-state index in [1.807, 2.05) is 0 Å². The van der Waals surface area contributed by atoms with Gasteiger partial charge in [-0.15, -0.1) is 0 Å². The summed E-state index contributed by atoms with van der Waals surface area (Å²) in [5.41, 5.74) is 3.11. The molecule has 0 amide bonds. The SMILES string of the molecule is C1=CC2=C(C=CC2)CC1. The summed E-state index contributed by atoms with van der Waals surface area (Å²) >= 11 is 0. The second-order valence-corrected chi connectivity index (χ2v) is 2.60. The van der Waals surface area contributed by atoms with Crippen LogP contribution in [0.15, 0.2) is 35.5 Å². The van der Waals surface area contributed by atoms with Gasteiger partial charge in [0.2, 0.25) is 0 Å². The lowest BCUT2D eigenvalue weighted by atomic mass is 10.0. The Bertz CT molecular complexity index is 204. The smallest absolute Gasteiger partial charge is 0.00916 e. The molecule has 0 saturated heterocycles. The molecule has 0 atom stereocenters. The number of allylic oxidation sites excluding steroid dienone is 6. The highest BCUT2D eigenvalue weighted by molar-refractivity contribution is 5.42. The van der Waals surface area contributed by atoms with Crippen LogP contribution in [-0.4, -0.2) is 0 Å². The van der Waals surface area contributed by atoms with E-state index in [2.05, 4.69) is 24.3 Å². The first kappa shape index (κ1) is 5.04. The molecule has 46 valence electrons. The van der Waals surface area contributed by atoms with Crippen LogP contribution in [-0.2, 0) is 0 Å². The molecule has 0 heterocycles. The third-order valence-electron chi connectivity index (χ3n) is 1.97. The van der Waals surface area contributed by atoms with Gasteiger partial charge in [-0.05, 0) is 30.4 Å². The second kappa shape index (κ2) is 1.87. The fourth-order valence-corrected chi connectivity index (χ4v) is 1.45. The molecule has 0 fully saturated rings. The van der Waals surface area contributed by atoms with Crippen LogP contribution in [0.3, 0.4) is 0 Å². The minimum absolute atomic E-state index is 1.17. The fraction of sp³-hybridized carbons (Fsp3) is 0.333. The molecule has 0 radical (unpaired) electrons. The molecule has 2 aliphatic rings. The molecule has 0 spiro atoms. The van der Waals surface area contributed by atoms with Crippen molar-refractivity contribution in [2.45, 2.75) is 19.3 Å². The quantitative estimate of drug-likeness (QED) is 0.458. The van der Waals surface area contributed by atoms with Gasteiger partial charge in [-0.25, -0.2) is 0 Å². The third kappa shape index (κ3) is 0.748. The molecule has 0 heteroatoms. The summed E-state index contributed by atoms with van der Waals surface area (Å²) in [7, 11) is 0. The van der Waals surface area contributed by atoms with Crippen LogP contribution < -0.4 is 0 Å². The van der Waals surface area contributed by atoms with E-state index in [9.17, 15) is 0 Å². The van der Waals surface area contributed by atoms with E-state index < -0.39 is 0 Å². The van der Waals surface area contributed by atoms with Crippen LogP contribution in [0, 0.1) is 0 Å². The first-order chi connectivity index (χ1) is 4.47. The maximum atomic E-state index is 2.27. The number of hydrogen-bond acceptors (Lipinski definition) is 0. The molecule has 0 aromatic carbocycles. The van der Waals surface area contributed by atoms with Crippen molar-refractivity contribution in [2.24, 2.45) is 0 Å². The molecule has 0 aromatic rings. The van der Waals surface area contributed by atoms with Crippen molar-refractivity contribution in [1.29, 1.82) is 0 Å². The molecule has 2 rings (SSSR count). The summed E-state index contributed by atoms with van der Waals surface area (Å²) in [5, 5.41) is 0. The van der Waals surface area contributed by atoms with Crippen molar-refractivity contribution >= 4 is 0 Å². The summed E-state index contributed by atoms with van der Waals surface area (Å²) in [6.07, 6.45) is 12.7. The van der Waals surface area contributed by atoms with Crippen molar-refractivity contribution in [2.75, 3.05) is 0 Å². The van der Waals surface area contributed by atoms with E-state index in [0.29, 0.717) is 0 Å². The van der Waals surface area contributed by atoms with Gasteiger partial charge in [0.15, 0.2) is 0 Å². The van der Waals surface area contributed by atoms with Crippen LogP contribution in [0.25, 0.3) is 0 Å². The largest absolute Gasteiger partial charge is 0.0839 e. The zero-order chi connectivity index (χ0) is 6.10. The van der Waals surface area contributed by atoms with Gasteiger partial charge in [-0.2, -0.15) is 0 Å². The van der Waals surface area contributed by atoms with E-state index in [4.69, 9.17) is 0 Å². The van der Waals surface area contributed by atoms with Crippen molar-refractivity contribution in [3.63, 3.8) is 0 Å². The lowest BCUT2D eigenvalue weighted by Gasteiger charge is -2.05. The lowest BCUT2D eigenvalue weighted by Crippen LogP contribution is -1.85. The Hall–Kier alpha value is -0.780. The van der Waals surface area contributed by atoms with E-state index in [-0.39, 0.29) is 0 Å². The maximum Gasteiger partial charge on any atom is -0.00916 e. The highest BCUT2D eigenvalue weighted by atomic mass is 14.1. The maximum absolute atomic E-state index is 2.27. The second-order valence-electron chi connectivity index (χ2n) is 2.60. The normalized spacial score (nSPS) is 23.1. The molecule has 0 saturated carbocycles. The van der Waals surface area contributed by atoms with Gasteiger partial charge < -0.3 is 0 Å². The molecular weight excluding hydrogens is 108 g/mol.